The molecular formula is C21H31N5O2. The van der Waals surface area contributed by atoms with Crippen molar-refractivity contribution in [1.29, 1.82) is 0 Å². The SMILES string of the molecule is CC(C)c1ccc(CN2CCC[C@](O)(CNCCc3ncnn3C)C2=O)cc1. The molecule has 2 N–H and O–H groups in total. The number of amides is 1. The summed E-state index contributed by atoms with van der Waals surface area (Å²) in [6, 6.07) is 8.40. The van der Waals surface area contributed by atoms with Gasteiger partial charge in [-0.1, -0.05) is 38.1 Å². The lowest BCUT2D eigenvalue weighted by Gasteiger charge is -2.38. The molecule has 1 atom stereocenters. The third kappa shape index (κ3) is 4.77. The van der Waals surface area contributed by atoms with E-state index in [4.69, 9.17) is 0 Å². The van der Waals surface area contributed by atoms with E-state index < -0.39 is 5.60 Å². The number of carbonyl (C=O) groups excluding carboxylic acids is 1. The van der Waals surface area contributed by atoms with Crippen LogP contribution in [0, 0.1) is 0 Å². The lowest BCUT2D eigenvalue weighted by atomic mass is 9.91. The smallest absolute Gasteiger partial charge is 0.256 e. The molecule has 1 fully saturated rings. The number of aromatic nitrogens is 3. The number of nitrogens with one attached hydrogen (secondary N) is 1. The molecule has 1 saturated heterocycles. The van der Waals surface area contributed by atoms with E-state index in [1.54, 1.807) is 9.58 Å². The van der Waals surface area contributed by atoms with Gasteiger partial charge in [-0.2, -0.15) is 5.10 Å². The van der Waals surface area contributed by atoms with Crippen molar-refractivity contribution in [2.75, 3.05) is 19.6 Å². The minimum absolute atomic E-state index is 0.183. The molecule has 0 unspecified atom stereocenters. The van der Waals surface area contributed by atoms with E-state index in [-0.39, 0.29) is 12.5 Å². The minimum Gasteiger partial charge on any atom is -0.379 e. The fourth-order valence-corrected chi connectivity index (χ4v) is 3.65. The predicted octanol–water partition coefficient (Wildman–Crippen LogP) is 1.62. The van der Waals surface area contributed by atoms with Crippen LogP contribution in [0.2, 0.25) is 0 Å². The summed E-state index contributed by atoms with van der Waals surface area (Å²) in [7, 11) is 1.85. The topological polar surface area (TPSA) is 83.3 Å². The fourth-order valence-electron chi connectivity index (χ4n) is 3.65. The largest absolute Gasteiger partial charge is 0.379 e. The Morgan fingerprint density at radius 1 is 1.29 bits per heavy atom. The van der Waals surface area contributed by atoms with Gasteiger partial charge in [0.2, 0.25) is 0 Å². The number of benzene rings is 1. The van der Waals surface area contributed by atoms with Gasteiger partial charge >= 0.3 is 0 Å². The summed E-state index contributed by atoms with van der Waals surface area (Å²) in [4.78, 5) is 18.9. The van der Waals surface area contributed by atoms with Crippen molar-refractivity contribution >= 4 is 5.91 Å². The Morgan fingerprint density at radius 2 is 2.04 bits per heavy atom. The van der Waals surface area contributed by atoms with Gasteiger partial charge in [0.25, 0.3) is 5.91 Å². The summed E-state index contributed by atoms with van der Waals surface area (Å²) in [6.07, 6.45) is 3.52. The van der Waals surface area contributed by atoms with Gasteiger partial charge in [0, 0.05) is 39.6 Å². The molecule has 3 rings (SSSR count). The highest BCUT2D eigenvalue weighted by atomic mass is 16.3. The van der Waals surface area contributed by atoms with Gasteiger partial charge in [-0.3, -0.25) is 9.48 Å². The molecule has 28 heavy (non-hydrogen) atoms. The maximum atomic E-state index is 12.9. The first-order valence-corrected chi connectivity index (χ1v) is 10.0. The lowest BCUT2D eigenvalue weighted by Crippen LogP contribution is -2.57. The quantitative estimate of drug-likeness (QED) is 0.675. The molecule has 2 heterocycles. The van der Waals surface area contributed by atoms with Gasteiger partial charge in [0.15, 0.2) is 5.60 Å². The van der Waals surface area contributed by atoms with E-state index in [0.717, 1.165) is 17.8 Å². The summed E-state index contributed by atoms with van der Waals surface area (Å²) in [5, 5.41) is 18.2. The number of piperidine rings is 1. The molecule has 1 amide bonds. The molecule has 7 nitrogen and oxygen atoms in total. The van der Waals surface area contributed by atoms with Crippen molar-refractivity contribution in [2.24, 2.45) is 7.05 Å². The molecule has 1 aliphatic heterocycles. The second-order valence-electron chi connectivity index (χ2n) is 7.98. The Bertz CT molecular complexity index is 786. The number of aliphatic hydroxyl groups is 1. The summed E-state index contributed by atoms with van der Waals surface area (Å²) in [5.74, 6) is 1.18. The van der Waals surface area contributed by atoms with Gasteiger partial charge in [-0.15, -0.1) is 0 Å². The summed E-state index contributed by atoms with van der Waals surface area (Å²) < 4.78 is 1.73. The number of likely N-dealkylation sites (tertiary alicyclic amines) is 1. The molecule has 1 aromatic heterocycles. The third-order valence-corrected chi connectivity index (χ3v) is 5.47. The molecular weight excluding hydrogens is 354 g/mol. The van der Waals surface area contributed by atoms with E-state index in [1.807, 2.05) is 7.05 Å². The first-order valence-electron chi connectivity index (χ1n) is 10.0. The fraction of sp³-hybridized carbons (Fsp3) is 0.571. The molecule has 0 aliphatic carbocycles. The molecule has 152 valence electrons. The van der Waals surface area contributed by atoms with Crippen molar-refractivity contribution in [3.05, 3.63) is 47.5 Å². The Hall–Kier alpha value is -2.25. The number of rotatable bonds is 8. The first-order chi connectivity index (χ1) is 13.4. The van der Waals surface area contributed by atoms with Crippen molar-refractivity contribution in [3.8, 4) is 0 Å². The van der Waals surface area contributed by atoms with Crippen LogP contribution in [0.1, 0.15) is 49.6 Å². The van der Waals surface area contributed by atoms with E-state index in [9.17, 15) is 9.90 Å². The number of carbonyl (C=O) groups is 1. The summed E-state index contributed by atoms with van der Waals surface area (Å²) in [6.45, 7) is 6.46. The van der Waals surface area contributed by atoms with Crippen molar-refractivity contribution in [3.63, 3.8) is 0 Å². The summed E-state index contributed by atoms with van der Waals surface area (Å²) >= 11 is 0. The standard InChI is InChI=1S/C21H31N5O2/c1-16(2)18-7-5-17(6-8-18)13-26-12-4-10-21(28,20(26)27)14-22-11-9-19-23-15-24-25(19)3/h5-8,15-16,22,28H,4,9-14H2,1-3H3/t21-/m0/s1. The number of hydrogen-bond acceptors (Lipinski definition) is 5. The first kappa shape index (κ1) is 20.5. The van der Waals surface area contributed by atoms with Crippen molar-refractivity contribution in [2.45, 2.75) is 51.2 Å². The highest BCUT2D eigenvalue weighted by Gasteiger charge is 2.41. The van der Waals surface area contributed by atoms with E-state index in [2.05, 4.69) is 53.5 Å². The van der Waals surface area contributed by atoms with Gasteiger partial charge < -0.3 is 15.3 Å². The van der Waals surface area contributed by atoms with Gasteiger partial charge in [-0.25, -0.2) is 4.98 Å². The molecule has 7 heteroatoms. The third-order valence-electron chi connectivity index (χ3n) is 5.47. The molecule has 0 radical (unpaired) electrons. The monoisotopic (exact) mass is 385 g/mol. The van der Waals surface area contributed by atoms with Crippen LogP contribution in [0.25, 0.3) is 0 Å². The predicted molar refractivity (Wildman–Crippen MR) is 108 cm³/mol. The zero-order chi connectivity index (χ0) is 20.1. The van der Waals surface area contributed by atoms with E-state index >= 15 is 0 Å². The van der Waals surface area contributed by atoms with Crippen LogP contribution in [0.15, 0.2) is 30.6 Å². The summed E-state index contributed by atoms with van der Waals surface area (Å²) in [5.41, 5.74) is 1.05. The van der Waals surface area contributed by atoms with E-state index in [1.165, 1.54) is 11.9 Å². The van der Waals surface area contributed by atoms with Crippen LogP contribution < -0.4 is 5.32 Å². The average molecular weight is 386 g/mol. The van der Waals surface area contributed by atoms with E-state index in [0.29, 0.717) is 38.4 Å². The second kappa shape index (κ2) is 8.84. The van der Waals surface area contributed by atoms with Gasteiger partial charge in [0.05, 0.1) is 0 Å². The molecule has 1 aromatic carbocycles. The Kier molecular flexibility index (Phi) is 6.46. The van der Waals surface area contributed by atoms with Gasteiger partial charge in [0.1, 0.15) is 12.2 Å². The Balaban J connectivity index is 1.54. The molecule has 0 spiro atoms. The zero-order valence-electron chi connectivity index (χ0n) is 17.1. The molecule has 0 bridgehead atoms. The molecule has 0 saturated carbocycles. The molecule has 2 aromatic rings. The van der Waals surface area contributed by atoms with Gasteiger partial charge in [-0.05, 0) is 29.9 Å². The number of aryl methyl sites for hydroxylation is 1. The Labute approximate surface area is 166 Å². The van der Waals surface area contributed by atoms with Crippen molar-refractivity contribution < 1.29 is 9.90 Å². The normalized spacial score (nSPS) is 20.2. The zero-order valence-corrected chi connectivity index (χ0v) is 17.1. The van der Waals surface area contributed by atoms with Crippen LogP contribution in [-0.2, 0) is 24.8 Å². The number of hydrogen-bond donors (Lipinski definition) is 2. The lowest BCUT2D eigenvalue weighted by molar-refractivity contribution is -0.157. The van der Waals surface area contributed by atoms with Crippen LogP contribution in [0.5, 0.6) is 0 Å². The highest BCUT2D eigenvalue weighted by molar-refractivity contribution is 5.86. The number of nitrogens with zero attached hydrogens (tertiary/aromatic N) is 4. The Morgan fingerprint density at radius 3 is 2.68 bits per heavy atom. The average Bonchev–Trinajstić information content (AvgIpc) is 3.08. The van der Waals surface area contributed by atoms with Crippen LogP contribution in [0.3, 0.4) is 0 Å². The maximum absolute atomic E-state index is 12.9. The van der Waals surface area contributed by atoms with Crippen LogP contribution in [-0.4, -0.2) is 55.9 Å². The van der Waals surface area contributed by atoms with Crippen LogP contribution >= 0.6 is 0 Å². The second-order valence-corrected chi connectivity index (χ2v) is 7.98. The molecule has 1 aliphatic rings. The van der Waals surface area contributed by atoms with Crippen LogP contribution in [0.4, 0.5) is 0 Å². The highest BCUT2D eigenvalue weighted by Crippen LogP contribution is 2.24. The minimum atomic E-state index is -1.34. The maximum Gasteiger partial charge on any atom is 0.256 e. The van der Waals surface area contributed by atoms with Crippen molar-refractivity contribution in [1.82, 2.24) is 25.0 Å².